The van der Waals surface area contributed by atoms with Gasteiger partial charge in [-0.25, -0.2) is 4.79 Å². The largest absolute Gasteiger partial charge is 0.472 e. The van der Waals surface area contributed by atoms with Crippen LogP contribution in [0.2, 0.25) is 0 Å². The van der Waals surface area contributed by atoms with E-state index in [-0.39, 0.29) is 6.42 Å². The highest BCUT2D eigenvalue weighted by Crippen LogP contribution is 2.51. The van der Waals surface area contributed by atoms with Gasteiger partial charge in [-0.2, -0.15) is 0 Å². The molecule has 2 aliphatic heterocycles. The third-order valence-electron chi connectivity index (χ3n) is 6.77. The van der Waals surface area contributed by atoms with Crippen LogP contribution in [-0.4, -0.2) is 97.5 Å². The van der Waals surface area contributed by atoms with Gasteiger partial charge in [-0.15, -0.1) is 0 Å². The zero-order valence-electron chi connectivity index (χ0n) is 19.0. The predicted octanol–water partition coefficient (Wildman–Crippen LogP) is -1.20. The molecule has 1 aromatic rings. The van der Waals surface area contributed by atoms with Gasteiger partial charge in [0.05, 0.1) is 24.9 Å². The lowest BCUT2D eigenvalue weighted by molar-refractivity contribution is -0.351. The molecular weight excluding hydrogens is 464 g/mol. The van der Waals surface area contributed by atoms with Gasteiger partial charge in [0.2, 0.25) is 6.29 Å². The maximum Gasteiger partial charge on any atom is 0.331 e. The van der Waals surface area contributed by atoms with E-state index >= 15 is 0 Å². The van der Waals surface area contributed by atoms with Crippen LogP contribution in [0.25, 0.3) is 6.08 Å². The lowest BCUT2D eigenvalue weighted by Gasteiger charge is -2.45. The molecule has 1 saturated heterocycles. The number of aliphatic hydroxyl groups excluding tert-OH is 5. The molecule has 11 heteroatoms. The summed E-state index contributed by atoms with van der Waals surface area (Å²) in [6.07, 6.45) is -5.57. The molecule has 192 valence electrons. The van der Waals surface area contributed by atoms with E-state index in [1.807, 2.05) is 18.2 Å². The molecule has 3 aliphatic rings. The van der Waals surface area contributed by atoms with Gasteiger partial charge in [0.1, 0.15) is 35.6 Å². The predicted molar refractivity (Wildman–Crippen MR) is 118 cm³/mol. The van der Waals surface area contributed by atoms with Crippen LogP contribution in [0, 0.1) is 5.92 Å². The number of benzene rings is 1. The van der Waals surface area contributed by atoms with Gasteiger partial charge in [0, 0.05) is 12.5 Å². The standard InChI is InChI=1S/C24H30O11/c1-23(35-16(27)8-7-13-5-3-2-4-6-13)11-15(26)24(31)9-10-32-22(20(23)24)34-21-19(30)18(29)17(28)14(12-25)33-21/h2-10,14-15,17-22,25-26,28-31H,11-12H2,1H3/t14-,15+,17-,18+,19-,20-,21-,22+,23-,24+/m1/s1. The minimum Gasteiger partial charge on any atom is -0.472 e. The average Bonchev–Trinajstić information content (AvgIpc) is 3.03. The number of carbonyl (C=O) groups excluding carboxylic acids is 1. The quantitative estimate of drug-likeness (QED) is 0.207. The first kappa shape index (κ1) is 25.7. The fraction of sp³-hybridized carbons (Fsp3) is 0.542. The Kier molecular flexibility index (Phi) is 7.32. The monoisotopic (exact) mass is 494 g/mol. The van der Waals surface area contributed by atoms with E-state index in [1.165, 1.54) is 19.1 Å². The topological polar surface area (TPSA) is 175 Å². The van der Waals surface area contributed by atoms with Gasteiger partial charge >= 0.3 is 5.97 Å². The van der Waals surface area contributed by atoms with E-state index < -0.39 is 72.8 Å². The molecule has 11 nitrogen and oxygen atoms in total. The van der Waals surface area contributed by atoms with Crippen LogP contribution in [0.1, 0.15) is 18.9 Å². The van der Waals surface area contributed by atoms with Crippen molar-refractivity contribution in [2.24, 2.45) is 5.92 Å². The highest BCUT2D eigenvalue weighted by molar-refractivity contribution is 5.87. The number of hydrogen-bond acceptors (Lipinski definition) is 11. The van der Waals surface area contributed by atoms with Gasteiger partial charge in [0.15, 0.2) is 6.29 Å². The summed E-state index contributed by atoms with van der Waals surface area (Å²) in [4.78, 5) is 12.6. The molecule has 1 aromatic carbocycles. The molecule has 0 amide bonds. The molecule has 0 radical (unpaired) electrons. The van der Waals surface area contributed by atoms with E-state index in [4.69, 9.17) is 18.9 Å². The second-order valence-corrected chi connectivity index (χ2v) is 9.20. The molecule has 4 rings (SSSR count). The van der Waals surface area contributed by atoms with Crippen molar-refractivity contribution in [1.82, 2.24) is 0 Å². The van der Waals surface area contributed by atoms with Crippen LogP contribution >= 0.6 is 0 Å². The molecule has 0 spiro atoms. The minimum atomic E-state index is -1.91. The number of esters is 1. The Labute approximate surface area is 201 Å². The lowest BCUT2D eigenvalue weighted by Crippen LogP contribution is -2.62. The van der Waals surface area contributed by atoms with E-state index in [9.17, 15) is 35.4 Å². The molecular formula is C24H30O11. The molecule has 1 saturated carbocycles. The molecule has 2 heterocycles. The molecule has 2 fully saturated rings. The number of rotatable bonds is 6. The molecule has 35 heavy (non-hydrogen) atoms. The van der Waals surface area contributed by atoms with Crippen molar-refractivity contribution in [3.05, 3.63) is 54.3 Å². The maximum atomic E-state index is 12.6. The summed E-state index contributed by atoms with van der Waals surface area (Å²) < 4.78 is 22.3. The van der Waals surface area contributed by atoms with Crippen LogP contribution in [-0.2, 0) is 23.7 Å². The molecule has 6 N–H and O–H groups in total. The van der Waals surface area contributed by atoms with Crippen molar-refractivity contribution < 1.29 is 54.4 Å². The van der Waals surface area contributed by atoms with E-state index in [1.54, 1.807) is 18.2 Å². The number of ether oxygens (including phenoxy) is 4. The first-order valence-electron chi connectivity index (χ1n) is 11.2. The number of fused-ring (bicyclic) bond motifs is 1. The fourth-order valence-electron chi connectivity index (χ4n) is 4.92. The minimum absolute atomic E-state index is 0.151. The van der Waals surface area contributed by atoms with Crippen LogP contribution in [0.15, 0.2) is 48.7 Å². The third-order valence-corrected chi connectivity index (χ3v) is 6.77. The smallest absolute Gasteiger partial charge is 0.331 e. The van der Waals surface area contributed by atoms with E-state index in [2.05, 4.69) is 0 Å². The summed E-state index contributed by atoms with van der Waals surface area (Å²) in [6.45, 7) is 0.852. The summed E-state index contributed by atoms with van der Waals surface area (Å²) in [5.74, 6) is -1.90. The summed E-state index contributed by atoms with van der Waals surface area (Å²) in [5, 5.41) is 61.7. The summed E-state index contributed by atoms with van der Waals surface area (Å²) >= 11 is 0. The second kappa shape index (κ2) is 9.96. The summed E-state index contributed by atoms with van der Waals surface area (Å²) in [7, 11) is 0. The van der Waals surface area contributed by atoms with Gasteiger partial charge in [-0.05, 0) is 24.6 Å². The van der Waals surface area contributed by atoms with Crippen molar-refractivity contribution in [2.75, 3.05) is 6.61 Å². The Morgan fingerprint density at radius 3 is 2.51 bits per heavy atom. The Morgan fingerprint density at radius 1 is 1.11 bits per heavy atom. The van der Waals surface area contributed by atoms with E-state index in [0.717, 1.165) is 11.8 Å². The fourth-order valence-corrected chi connectivity index (χ4v) is 4.92. The second-order valence-electron chi connectivity index (χ2n) is 9.20. The first-order chi connectivity index (χ1) is 16.6. The van der Waals surface area contributed by atoms with Crippen molar-refractivity contribution in [2.45, 2.75) is 67.6 Å². The highest BCUT2D eigenvalue weighted by Gasteiger charge is 2.66. The highest BCUT2D eigenvalue weighted by atomic mass is 16.8. The molecule has 1 aliphatic carbocycles. The van der Waals surface area contributed by atoms with Crippen LogP contribution in [0.5, 0.6) is 0 Å². The Morgan fingerprint density at radius 2 is 1.83 bits per heavy atom. The lowest BCUT2D eigenvalue weighted by atomic mass is 9.81. The van der Waals surface area contributed by atoms with Gasteiger partial charge < -0.3 is 49.6 Å². The van der Waals surface area contributed by atoms with Crippen molar-refractivity contribution in [3.63, 3.8) is 0 Å². The molecule has 0 aromatic heterocycles. The number of hydrogen-bond donors (Lipinski definition) is 6. The normalized spacial score (nSPS) is 43.1. The molecule has 0 bridgehead atoms. The SMILES string of the molecule is C[C@@]1(OC(=O)C=Cc2ccccc2)C[C@H](O)[C@@]2(O)C=CO[C@@H](O[C@H]3O[C@H](CO)[C@@H](O)[C@H](O)[C@H]3O)[C@@H]21. The van der Waals surface area contributed by atoms with E-state index in [0.29, 0.717) is 0 Å². The summed E-state index contributed by atoms with van der Waals surface area (Å²) in [5.41, 5.74) is -2.62. The van der Waals surface area contributed by atoms with Gasteiger partial charge in [0.25, 0.3) is 0 Å². The Hall–Kier alpha value is -2.35. The Bertz CT molecular complexity index is 950. The van der Waals surface area contributed by atoms with Crippen molar-refractivity contribution in [1.29, 1.82) is 0 Å². The zero-order chi connectivity index (χ0) is 25.4. The molecule has 10 atom stereocenters. The average molecular weight is 494 g/mol. The third kappa shape index (κ3) is 4.86. The van der Waals surface area contributed by atoms with Gasteiger partial charge in [-0.3, -0.25) is 0 Å². The molecule has 0 unspecified atom stereocenters. The van der Waals surface area contributed by atoms with Gasteiger partial charge in [-0.1, -0.05) is 30.3 Å². The number of aliphatic hydroxyl groups is 6. The van der Waals surface area contributed by atoms with Crippen LogP contribution in [0.3, 0.4) is 0 Å². The maximum absolute atomic E-state index is 12.6. The van der Waals surface area contributed by atoms with Crippen molar-refractivity contribution >= 4 is 12.0 Å². The summed E-state index contributed by atoms with van der Waals surface area (Å²) in [6, 6.07) is 9.06. The van der Waals surface area contributed by atoms with Crippen molar-refractivity contribution in [3.8, 4) is 0 Å². The first-order valence-corrected chi connectivity index (χ1v) is 11.2. The Balaban J connectivity index is 1.55. The van der Waals surface area contributed by atoms with Crippen LogP contribution in [0.4, 0.5) is 0 Å². The number of carbonyl (C=O) groups is 1. The zero-order valence-corrected chi connectivity index (χ0v) is 19.0. The van der Waals surface area contributed by atoms with Crippen LogP contribution < -0.4 is 0 Å².